The summed E-state index contributed by atoms with van der Waals surface area (Å²) in [6.45, 7) is 1.82. The molecule has 0 amide bonds. The quantitative estimate of drug-likeness (QED) is 0.897. The van der Waals surface area contributed by atoms with Crippen LogP contribution < -0.4 is 4.74 Å². The number of benzene rings is 2. The summed E-state index contributed by atoms with van der Waals surface area (Å²) in [5.74, 6) is -0.117. The van der Waals surface area contributed by atoms with Crippen molar-refractivity contribution in [3.05, 3.63) is 53.6 Å². The molecule has 0 aliphatic heterocycles. The van der Waals surface area contributed by atoms with Gasteiger partial charge < -0.3 is 9.84 Å². The van der Waals surface area contributed by atoms with Crippen LogP contribution in [0.1, 0.15) is 15.9 Å². The summed E-state index contributed by atoms with van der Waals surface area (Å²) in [7, 11) is 1.62. The van der Waals surface area contributed by atoms with Crippen molar-refractivity contribution in [2.45, 2.75) is 6.92 Å². The largest absolute Gasteiger partial charge is 0.497 e. The van der Waals surface area contributed by atoms with E-state index in [1.54, 1.807) is 19.2 Å². The molecule has 0 spiro atoms. The maximum absolute atomic E-state index is 11.1. The third-order valence-electron chi connectivity index (χ3n) is 2.97. The third-order valence-corrected chi connectivity index (χ3v) is 2.97. The van der Waals surface area contributed by atoms with E-state index in [1.165, 1.54) is 0 Å². The van der Waals surface area contributed by atoms with Crippen LogP contribution in [0.15, 0.2) is 42.5 Å². The molecule has 0 unspecified atom stereocenters. The summed E-state index contributed by atoms with van der Waals surface area (Å²) < 4.78 is 5.10. The van der Waals surface area contributed by atoms with E-state index in [0.717, 1.165) is 22.4 Å². The first-order valence-corrected chi connectivity index (χ1v) is 5.61. The molecule has 3 nitrogen and oxygen atoms in total. The van der Waals surface area contributed by atoms with E-state index in [-0.39, 0.29) is 0 Å². The first kappa shape index (κ1) is 12.2. The Kier molecular flexibility index (Phi) is 3.33. The predicted octanol–water partition coefficient (Wildman–Crippen LogP) is 3.37. The van der Waals surface area contributed by atoms with Crippen LogP contribution in [-0.4, -0.2) is 18.2 Å². The van der Waals surface area contributed by atoms with Crippen molar-refractivity contribution >= 4 is 5.97 Å². The second-order valence-electron chi connectivity index (χ2n) is 4.01. The molecule has 0 atom stereocenters. The molecule has 0 fully saturated rings. The average Bonchev–Trinajstić information content (AvgIpc) is 2.39. The lowest BCUT2D eigenvalue weighted by Gasteiger charge is -2.09. The van der Waals surface area contributed by atoms with Crippen LogP contribution in [0.3, 0.4) is 0 Å². The van der Waals surface area contributed by atoms with E-state index in [2.05, 4.69) is 0 Å². The van der Waals surface area contributed by atoms with Crippen LogP contribution >= 0.6 is 0 Å². The van der Waals surface area contributed by atoms with Gasteiger partial charge in [-0.3, -0.25) is 0 Å². The molecule has 0 bridgehead atoms. The van der Waals surface area contributed by atoms with Crippen molar-refractivity contribution in [2.75, 3.05) is 7.11 Å². The van der Waals surface area contributed by atoms with Gasteiger partial charge in [-0.25, -0.2) is 4.79 Å². The third kappa shape index (κ3) is 2.20. The number of aromatic carboxylic acids is 1. The molecule has 0 heterocycles. The van der Waals surface area contributed by atoms with E-state index in [4.69, 9.17) is 9.84 Å². The molecule has 2 aromatic rings. The molecule has 0 saturated heterocycles. The van der Waals surface area contributed by atoms with Crippen LogP contribution in [0.5, 0.6) is 5.75 Å². The highest BCUT2D eigenvalue weighted by atomic mass is 16.5. The van der Waals surface area contributed by atoms with Crippen molar-refractivity contribution < 1.29 is 14.6 Å². The smallest absolute Gasteiger partial charge is 0.335 e. The zero-order valence-corrected chi connectivity index (χ0v) is 10.3. The first-order valence-electron chi connectivity index (χ1n) is 5.61. The van der Waals surface area contributed by atoms with Gasteiger partial charge in [0.1, 0.15) is 5.75 Å². The van der Waals surface area contributed by atoms with E-state index in [0.29, 0.717) is 5.56 Å². The zero-order valence-electron chi connectivity index (χ0n) is 10.3. The molecule has 2 rings (SSSR count). The van der Waals surface area contributed by atoms with Crippen LogP contribution in [0, 0.1) is 6.92 Å². The minimum Gasteiger partial charge on any atom is -0.497 e. The van der Waals surface area contributed by atoms with Gasteiger partial charge in [-0.05, 0) is 41.8 Å². The SMILES string of the molecule is COc1ccc(-c2cccc(C(=O)O)c2C)cc1. The van der Waals surface area contributed by atoms with Gasteiger partial charge in [-0.2, -0.15) is 0 Å². The van der Waals surface area contributed by atoms with Crippen LogP contribution in [0.2, 0.25) is 0 Å². The van der Waals surface area contributed by atoms with Crippen molar-refractivity contribution in [2.24, 2.45) is 0 Å². The molecule has 18 heavy (non-hydrogen) atoms. The molecule has 0 aromatic heterocycles. The average molecular weight is 242 g/mol. The molecule has 0 aliphatic rings. The lowest BCUT2D eigenvalue weighted by Crippen LogP contribution is -2.00. The monoisotopic (exact) mass is 242 g/mol. The Morgan fingerprint density at radius 3 is 2.33 bits per heavy atom. The van der Waals surface area contributed by atoms with Crippen LogP contribution in [0.25, 0.3) is 11.1 Å². The van der Waals surface area contributed by atoms with Crippen molar-refractivity contribution in [3.63, 3.8) is 0 Å². The minimum atomic E-state index is -0.900. The Balaban J connectivity index is 2.50. The highest BCUT2D eigenvalue weighted by Crippen LogP contribution is 2.27. The van der Waals surface area contributed by atoms with Gasteiger partial charge >= 0.3 is 5.97 Å². The fraction of sp³-hybridized carbons (Fsp3) is 0.133. The Hall–Kier alpha value is -2.29. The Bertz CT molecular complexity index is 571. The molecule has 2 aromatic carbocycles. The minimum absolute atomic E-state index is 0.336. The molecular weight excluding hydrogens is 228 g/mol. The normalized spacial score (nSPS) is 10.1. The topological polar surface area (TPSA) is 46.5 Å². The molecule has 3 heteroatoms. The van der Waals surface area contributed by atoms with Gasteiger partial charge in [0.25, 0.3) is 0 Å². The van der Waals surface area contributed by atoms with Gasteiger partial charge in [0, 0.05) is 0 Å². The van der Waals surface area contributed by atoms with Gasteiger partial charge in [0.2, 0.25) is 0 Å². The predicted molar refractivity (Wildman–Crippen MR) is 70.1 cm³/mol. The maximum atomic E-state index is 11.1. The number of hydrogen-bond acceptors (Lipinski definition) is 2. The van der Waals surface area contributed by atoms with Crippen molar-refractivity contribution in [3.8, 4) is 16.9 Å². The fourth-order valence-electron chi connectivity index (χ4n) is 1.95. The highest BCUT2D eigenvalue weighted by Gasteiger charge is 2.11. The summed E-state index contributed by atoms with van der Waals surface area (Å²) in [5.41, 5.74) is 3.02. The Morgan fingerprint density at radius 2 is 1.78 bits per heavy atom. The molecule has 0 saturated carbocycles. The lowest BCUT2D eigenvalue weighted by atomic mass is 9.96. The van der Waals surface area contributed by atoms with Gasteiger partial charge in [-0.1, -0.05) is 24.3 Å². The summed E-state index contributed by atoms with van der Waals surface area (Å²) in [6, 6.07) is 12.9. The summed E-state index contributed by atoms with van der Waals surface area (Å²) in [5, 5.41) is 9.10. The van der Waals surface area contributed by atoms with Crippen molar-refractivity contribution in [1.82, 2.24) is 0 Å². The van der Waals surface area contributed by atoms with Gasteiger partial charge in [-0.15, -0.1) is 0 Å². The van der Waals surface area contributed by atoms with Gasteiger partial charge in [0.05, 0.1) is 12.7 Å². The second-order valence-corrected chi connectivity index (χ2v) is 4.01. The second kappa shape index (κ2) is 4.92. The van der Waals surface area contributed by atoms with E-state index in [9.17, 15) is 4.79 Å². The number of rotatable bonds is 3. The summed E-state index contributed by atoms with van der Waals surface area (Å²) in [6.07, 6.45) is 0. The van der Waals surface area contributed by atoms with E-state index >= 15 is 0 Å². The number of hydrogen-bond donors (Lipinski definition) is 1. The van der Waals surface area contributed by atoms with E-state index in [1.807, 2.05) is 37.3 Å². The maximum Gasteiger partial charge on any atom is 0.335 e. The number of carboxylic acid groups (broad SMARTS) is 1. The molecule has 92 valence electrons. The standard InChI is InChI=1S/C15H14O3/c1-10-13(4-3-5-14(10)15(16)17)11-6-8-12(18-2)9-7-11/h3-9H,1-2H3,(H,16,17). The summed E-state index contributed by atoms with van der Waals surface area (Å²) in [4.78, 5) is 11.1. The highest BCUT2D eigenvalue weighted by molar-refractivity contribution is 5.92. The molecule has 0 aliphatic carbocycles. The van der Waals surface area contributed by atoms with Gasteiger partial charge in [0.15, 0.2) is 0 Å². The first-order chi connectivity index (χ1) is 8.63. The van der Waals surface area contributed by atoms with Crippen LogP contribution in [-0.2, 0) is 0 Å². The zero-order chi connectivity index (χ0) is 13.1. The number of methoxy groups -OCH3 is 1. The molecule has 0 radical (unpaired) electrons. The Morgan fingerprint density at radius 1 is 1.11 bits per heavy atom. The number of carbonyl (C=O) groups is 1. The molecule has 1 N–H and O–H groups in total. The van der Waals surface area contributed by atoms with E-state index < -0.39 is 5.97 Å². The fourth-order valence-corrected chi connectivity index (χ4v) is 1.95. The number of carboxylic acids is 1. The molecular formula is C15H14O3. The Labute approximate surface area is 106 Å². The van der Waals surface area contributed by atoms with Crippen LogP contribution in [0.4, 0.5) is 0 Å². The lowest BCUT2D eigenvalue weighted by molar-refractivity contribution is 0.0696. The summed E-state index contributed by atoms with van der Waals surface area (Å²) >= 11 is 0. The number of ether oxygens (including phenoxy) is 1. The van der Waals surface area contributed by atoms with Crippen molar-refractivity contribution in [1.29, 1.82) is 0 Å².